The predicted octanol–water partition coefficient (Wildman–Crippen LogP) is 1.88. The Bertz CT molecular complexity index is 332. The van der Waals surface area contributed by atoms with E-state index in [1.165, 1.54) is 0 Å². The Kier molecular flexibility index (Phi) is 4.71. The average molecular weight is 208 g/mol. The quantitative estimate of drug-likeness (QED) is 0.726. The van der Waals surface area contributed by atoms with Crippen LogP contribution in [0.3, 0.4) is 0 Å². The number of allylic oxidation sites excluding steroid dienone is 1. The van der Waals surface area contributed by atoms with Crippen LogP contribution < -0.4 is 4.74 Å². The maximum atomic E-state index is 9.56. The van der Waals surface area contributed by atoms with Gasteiger partial charge in [-0.15, -0.1) is 0 Å². The number of hydrogen-bond acceptors (Lipinski definition) is 3. The highest BCUT2D eigenvalue weighted by molar-refractivity contribution is 5.39. The highest BCUT2D eigenvalue weighted by Crippen LogP contribution is 2.23. The Hall–Kier alpha value is -1.48. The van der Waals surface area contributed by atoms with Gasteiger partial charge in [-0.1, -0.05) is 12.2 Å². The Morgan fingerprint density at radius 1 is 1.33 bits per heavy atom. The summed E-state index contributed by atoms with van der Waals surface area (Å²) in [6.45, 7) is 0.0596. The second-order valence-electron chi connectivity index (χ2n) is 3.19. The van der Waals surface area contributed by atoms with Crippen molar-refractivity contribution in [1.29, 1.82) is 0 Å². The molecule has 0 aliphatic rings. The largest absolute Gasteiger partial charge is 0.508 e. The molecule has 0 amide bonds. The van der Waals surface area contributed by atoms with E-state index in [1.807, 2.05) is 12.1 Å². The van der Waals surface area contributed by atoms with E-state index in [4.69, 9.17) is 9.84 Å². The molecule has 0 bridgehead atoms. The molecule has 0 saturated heterocycles. The molecule has 15 heavy (non-hydrogen) atoms. The van der Waals surface area contributed by atoms with Gasteiger partial charge in [0, 0.05) is 0 Å². The fourth-order valence-corrected chi connectivity index (χ4v) is 1.32. The number of benzene rings is 1. The van der Waals surface area contributed by atoms with Crippen LogP contribution in [0.25, 0.3) is 0 Å². The lowest BCUT2D eigenvalue weighted by molar-refractivity contribution is 0.342. The number of aromatic hydroxyl groups is 1. The third-order valence-corrected chi connectivity index (χ3v) is 2.14. The summed E-state index contributed by atoms with van der Waals surface area (Å²) in [5.74, 6) is 1.03. The van der Waals surface area contributed by atoms with Crippen LogP contribution in [-0.2, 0) is 6.42 Å². The molecular formula is C12H16O3. The van der Waals surface area contributed by atoms with Crippen molar-refractivity contribution in [2.75, 3.05) is 13.7 Å². The molecule has 0 unspecified atom stereocenters. The van der Waals surface area contributed by atoms with Crippen molar-refractivity contribution in [3.8, 4) is 11.5 Å². The molecule has 0 radical (unpaired) electrons. The zero-order chi connectivity index (χ0) is 11.1. The van der Waals surface area contributed by atoms with Gasteiger partial charge in [-0.05, 0) is 36.6 Å². The number of phenolic OH excluding ortho intramolecular Hbond substituents is 1. The molecule has 0 saturated carbocycles. The summed E-state index contributed by atoms with van der Waals surface area (Å²) in [6.07, 6.45) is 5.11. The Morgan fingerprint density at radius 2 is 2.13 bits per heavy atom. The molecule has 82 valence electrons. The van der Waals surface area contributed by atoms with Crippen LogP contribution in [0.1, 0.15) is 12.0 Å². The van der Waals surface area contributed by atoms with Gasteiger partial charge >= 0.3 is 0 Å². The average Bonchev–Trinajstić information content (AvgIpc) is 2.26. The molecule has 2 N–H and O–H groups in total. The third-order valence-electron chi connectivity index (χ3n) is 2.14. The van der Waals surface area contributed by atoms with Crippen LogP contribution >= 0.6 is 0 Å². The standard InChI is InChI=1S/C12H16O3/c1-15-11-6-7-12(14)10(9-11)5-3-2-4-8-13/h2,4,6-7,9,13-14H,3,5,8H2,1H3/b4-2+. The number of aliphatic hydroxyl groups is 1. The van der Waals surface area contributed by atoms with Gasteiger partial charge in [0.25, 0.3) is 0 Å². The molecular weight excluding hydrogens is 192 g/mol. The number of hydrogen-bond donors (Lipinski definition) is 2. The monoisotopic (exact) mass is 208 g/mol. The summed E-state index contributed by atoms with van der Waals surface area (Å²) in [5, 5.41) is 18.1. The van der Waals surface area contributed by atoms with Crippen LogP contribution in [0.5, 0.6) is 11.5 Å². The van der Waals surface area contributed by atoms with Gasteiger partial charge in [0.2, 0.25) is 0 Å². The minimum Gasteiger partial charge on any atom is -0.508 e. The number of ether oxygens (including phenoxy) is 1. The number of aryl methyl sites for hydroxylation is 1. The minimum absolute atomic E-state index is 0.0596. The Morgan fingerprint density at radius 3 is 2.80 bits per heavy atom. The van der Waals surface area contributed by atoms with E-state index in [9.17, 15) is 5.11 Å². The predicted molar refractivity (Wildman–Crippen MR) is 59.2 cm³/mol. The van der Waals surface area contributed by atoms with Crippen LogP contribution in [0, 0.1) is 0 Å². The maximum absolute atomic E-state index is 9.56. The molecule has 1 rings (SSSR count). The van der Waals surface area contributed by atoms with E-state index in [0.29, 0.717) is 0 Å². The smallest absolute Gasteiger partial charge is 0.119 e. The van der Waals surface area contributed by atoms with Gasteiger partial charge < -0.3 is 14.9 Å². The molecule has 1 aromatic carbocycles. The summed E-state index contributed by atoms with van der Waals surface area (Å²) < 4.78 is 5.07. The van der Waals surface area contributed by atoms with Gasteiger partial charge in [0.05, 0.1) is 13.7 Å². The SMILES string of the molecule is COc1ccc(O)c(CC/C=C/CO)c1. The molecule has 0 atom stereocenters. The van der Waals surface area contributed by atoms with Crippen molar-refractivity contribution < 1.29 is 14.9 Å². The fraction of sp³-hybridized carbons (Fsp3) is 0.333. The number of methoxy groups -OCH3 is 1. The summed E-state index contributed by atoms with van der Waals surface area (Å²) in [6, 6.07) is 5.18. The Labute approximate surface area is 89.6 Å². The van der Waals surface area contributed by atoms with Crippen LogP contribution in [0.4, 0.5) is 0 Å². The first kappa shape index (κ1) is 11.6. The van der Waals surface area contributed by atoms with Crippen LogP contribution in [-0.4, -0.2) is 23.9 Å². The zero-order valence-electron chi connectivity index (χ0n) is 8.81. The first-order valence-corrected chi connectivity index (χ1v) is 4.89. The highest BCUT2D eigenvalue weighted by atomic mass is 16.5. The first-order valence-electron chi connectivity index (χ1n) is 4.89. The van der Waals surface area contributed by atoms with E-state index < -0.39 is 0 Å². The van der Waals surface area contributed by atoms with Gasteiger partial charge in [0.15, 0.2) is 0 Å². The van der Waals surface area contributed by atoms with E-state index in [2.05, 4.69) is 0 Å². The second-order valence-corrected chi connectivity index (χ2v) is 3.19. The lowest BCUT2D eigenvalue weighted by atomic mass is 10.1. The van der Waals surface area contributed by atoms with Crippen molar-refractivity contribution >= 4 is 0 Å². The second kappa shape index (κ2) is 6.09. The van der Waals surface area contributed by atoms with E-state index in [-0.39, 0.29) is 12.4 Å². The van der Waals surface area contributed by atoms with E-state index in [0.717, 1.165) is 24.2 Å². The van der Waals surface area contributed by atoms with Crippen molar-refractivity contribution in [1.82, 2.24) is 0 Å². The normalized spacial score (nSPS) is 10.8. The Balaban J connectivity index is 2.62. The highest BCUT2D eigenvalue weighted by Gasteiger charge is 2.01. The molecule has 0 aromatic heterocycles. The topological polar surface area (TPSA) is 49.7 Å². The third kappa shape index (κ3) is 3.64. The number of rotatable bonds is 5. The van der Waals surface area contributed by atoms with Gasteiger partial charge in [0.1, 0.15) is 11.5 Å². The van der Waals surface area contributed by atoms with Crippen molar-refractivity contribution in [2.45, 2.75) is 12.8 Å². The number of aliphatic hydroxyl groups excluding tert-OH is 1. The summed E-state index contributed by atoms with van der Waals surface area (Å²) >= 11 is 0. The molecule has 0 aliphatic heterocycles. The maximum Gasteiger partial charge on any atom is 0.119 e. The summed E-state index contributed by atoms with van der Waals surface area (Å²) in [5.41, 5.74) is 0.858. The number of phenols is 1. The van der Waals surface area contributed by atoms with Crippen molar-refractivity contribution in [3.05, 3.63) is 35.9 Å². The molecule has 0 spiro atoms. The lowest BCUT2D eigenvalue weighted by Gasteiger charge is -2.05. The zero-order valence-corrected chi connectivity index (χ0v) is 8.81. The van der Waals surface area contributed by atoms with Gasteiger partial charge in [-0.25, -0.2) is 0 Å². The molecule has 3 nitrogen and oxygen atoms in total. The molecule has 0 heterocycles. The minimum atomic E-state index is 0.0596. The molecule has 3 heteroatoms. The van der Waals surface area contributed by atoms with E-state index in [1.54, 1.807) is 25.3 Å². The molecule has 1 aromatic rings. The molecule has 0 aliphatic carbocycles. The fourth-order valence-electron chi connectivity index (χ4n) is 1.32. The summed E-state index contributed by atoms with van der Waals surface area (Å²) in [7, 11) is 1.60. The van der Waals surface area contributed by atoms with Crippen LogP contribution in [0.2, 0.25) is 0 Å². The lowest BCUT2D eigenvalue weighted by Crippen LogP contribution is -1.88. The van der Waals surface area contributed by atoms with Gasteiger partial charge in [-0.2, -0.15) is 0 Å². The van der Waals surface area contributed by atoms with Crippen molar-refractivity contribution in [3.63, 3.8) is 0 Å². The first-order chi connectivity index (χ1) is 7.27. The molecule has 0 fully saturated rings. The van der Waals surface area contributed by atoms with Gasteiger partial charge in [-0.3, -0.25) is 0 Å². The van der Waals surface area contributed by atoms with Crippen LogP contribution in [0.15, 0.2) is 30.4 Å². The summed E-state index contributed by atoms with van der Waals surface area (Å²) in [4.78, 5) is 0. The van der Waals surface area contributed by atoms with Crippen molar-refractivity contribution in [2.24, 2.45) is 0 Å². The van der Waals surface area contributed by atoms with E-state index >= 15 is 0 Å².